The van der Waals surface area contributed by atoms with Crippen molar-refractivity contribution >= 4 is 28.5 Å². The second kappa shape index (κ2) is 5.13. The Kier molecular flexibility index (Phi) is 3.08. The predicted molar refractivity (Wildman–Crippen MR) is 85.8 cm³/mol. The fourth-order valence-electron chi connectivity index (χ4n) is 3.44. The number of carbonyl (C=O) groups is 2. The summed E-state index contributed by atoms with van der Waals surface area (Å²) >= 11 is 0. The van der Waals surface area contributed by atoms with Gasteiger partial charge in [-0.1, -0.05) is 5.92 Å². The van der Waals surface area contributed by atoms with E-state index in [4.69, 9.17) is 6.42 Å². The van der Waals surface area contributed by atoms with E-state index >= 15 is 0 Å². The van der Waals surface area contributed by atoms with Crippen molar-refractivity contribution < 1.29 is 9.59 Å². The van der Waals surface area contributed by atoms with Gasteiger partial charge in [0.1, 0.15) is 12.6 Å². The fraction of sp³-hybridized carbons (Fsp3) is 0.353. The van der Waals surface area contributed by atoms with Crippen molar-refractivity contribution in [1.82, 2.24) is 14.7 Å². The maximum Gasteiger partial charge on any atom is 0.332 e. The summed E-state index contributed by atoms with van der Waals surface area (Å²) in [6.07, 6.45) is 9.78. The number of hydrogen-bond acceptors (Lipinski definition) is 3. The number of urea groups is 1. The van der Waals surface area contributed by atoms with Gasteiger partial charge in [0.2, 0.25) is 0 Å². The molecule has 0 N–H and O–H groups in total. The van der Waals surface area contributed by atoms with Crippen LogP contribution in [0.5, 0.6) is 0 Å². The van der Waals surface area contributed by atoms with Crippen LogP contribution in [0.1, 0.15) is 19.3 Å². The van der Waals surface area contributed by atoms with Gasteiger partial charge in [0.05, 0.1) is 17.4 Å². The molecular weight excluding hydrogens is 292 g/mol. The minimum Gasteiger partial charge on any atom is -0.312 e. The topological polar surface area (TPSA) is 58.4 Å². The maximum absolute atomic E-state index is 12.6. The number of carbonyl (C=O) groups excluding carboxylic acids is 2. The van der Waals surface area contributed by atoms with Crippen LogP contribution < -0.4 is 4.90 Å². The van der Waals surface area contributed by atoms with Gasteiger partial charge in [0.25, 0.3) is 5.91 Å². The van der Waals surface area contributed by atoms with Gasteiger partial charge >= 0.3 is 6.03 Å². The number of fused-ring (bicyclic) bond motifs is 2. The van der Waals surface area contributed by atoms with E-state index in [0.717, 1.165) is 30.2 Å². The van der Waals surface area contributed by atoms with Gasteiger partial charge in [-0.2, -0.15) is 5.10 Å². The standard InChI is InChI=1S/C17H16N4O2/c1-2-8-20-15-10-13(7-6-12(15)11-18-20)21-16(22)14-5-3-4-9-19(14)17(21)23/h1,6-7,10-11,14H,3-5,8-9H2. The minimum atomic E-state index is -0.303. The van der Waals surface area contributed by atoms with Crippen molar-refractivity contribution in [3.8, 4) is 12.3 Å². The van der Waals surface area contributed by atoms with Gasteiger partial charge in [-0.15, -0.1) is 6.42 Å². The molecule has 0 radical (unpaired) electrons. The van der Waals surface area contributed by atoms with Gasteiger partial charge < -0.3 is 4.90 Å². The van der Waals surface area contributed by atoms with E-state index in [9.17, 15) is 9.59 Å². The monoisotopic (exact) mass is 308 g/mol. The van der Waals surface area contributed by atoms with E-state index in [1.807, 2.05) is 12.1 Å². The highest BCUT2D eigenvalue weighted by Gasteiger charge is 2.46. The lowest BCUT2D eigenvalue weighted by Gasteiger charge is -2.25. The zero-order chi connectivity index (χ0) is 16.0. The number of terminal acetylenes is 1. The minimum absolute atomic E-state index is 0.128. The third-order valence-electron chi connectivity index (χ3n) is 4.57. The van der Waals surface area contributed by atoms with Crippen molar-refractivity contribution in [2.75, 3.05) is 11.4 Å². The van der Waals surface area contributed by atoms with E-state index in [-0.39, 0.29) is 18.0 Å². The molecule has 116 valence electrons. The first kappa shape index (κ1) is 13.8. The second-order valence-corrected chi connectivity index (χ2v) is 5.91. The van der Waals surface area contributed by atoms with Crippen molar-refractivity contribution in [2.24, 2.45) is 0 Å². The molecule has 23 heavy (non-hydrogen) atoms. The lowest BCUT2D eigenvalue weighted by atomic mass is 10.0. The Balaban J connectivity index is 1.76. The van der Waals surface area contributed by atoms with Crippen LogP contribution in [-0.4, -0.2) is 39.2 Å². The molecule has 1 atom stereocenters. The second-order valence-electron chi connectivity index (χ2n) is 5.91. The van der Waals surface area contributed by atoms with Crippen molar-refractivity contribution in [1.29, 1.82) is 0 Å². The molecule has 0 bridgehead atoms. The number of nitrogens with zero attached hydrogens (tertiary/aromatic N) is 4. The first-order valence-corrected chi connectivity index (χ1v) is 7.74. The summed E-state index contributed by atoms with van der Waals surface area (Å²) in [7, 11) is 0. The molecule has 2 saturated heterocycles. The number of benzene rings is 1. The first-order chi connectivity index (χ1) is 11.2. The molecule has 1 aromatic carbocycles. The SMILES string of the molecule is C#CCn1ncc2ccc(N3C(=O)C4CCCCN4C3=O)cc21. The molecule has 1 aromatic heterocycles. The Morgan fingerprint density at radius 2 is 2.17 bits per heavy atom. The van der Waals surface area contributed by atoms with Crippen molar-refractivity contribution in [2.45, 2.75) is 31.8 Å². The zero-order valence-electron chi connectivity index (χ0n) is 12.6. The summed E-state index contributed by atoms with van der Waals surface area (Å²) in [6.45, 7) is 1.01. The van der Waals surface area contributed by atoms with Crippen LogP contribution in [0.3, 0.4) is 0 Å². The molecule has 1 unspecified atom stereocenters. The molecule has 2 aliphatic rings. The highest BCUT2D eigenvalue weighted by molar-refractivity contribution is 6.21. The molecule has 4 rings (SSSR count). The largest absolute Gasteiger partial charge is 0.332 e. The Bertz CT molecular complexity index is 824. The van der Waals surface area contributed by atoms with Gasteiger partial charge in [-0.25, -0.2) is 9.69 Å². The molecule has 3 heterocycles. The lowest BCUT2D eigenvalue weighted by molar-refractivity contribution is -0.120. The molecule has 2 aliphatic heterocycles. The first-order valence-electron chi connectivity index (χ1n) is 7.74. The van der Waals surface area contributed by atoms with Crippen LogP contribution in [0.25, 0.3) is 10.9 Å². The van der Waals surface area contributed by atoms with Crippen LogP contribution >= 0.6 is 0 Å². The molecule has 2 aromatic rings. The molecule has 0 spiro atoms. The highest BCUT2D eigenvalue weighted by atomic mass is 16.2. The Hall–Kier alpha value is -2.81. The summed E-state index contributed by atoms with van der Waals surface area (Å²) in [6, 6.07) is 4.94. The third-order valence-corrected chi connectivity index (χ3v) is 4.57. The summed E-state index contributed by atoms with van der Waals surface area (Å²) in [5, 5.41) is 5.17. The summed E-state index contributed by atoms with van der Waals surface area (Å²) in [5.41, 5.74) is 1.41. The number of hydrogen-bond donors (Lipinski definition) is 0. The molecule has 6 nitrogen and oxygen atoms in total. The number of aromatic nitrogens is 2. The maximum atomic E-state index is 12.6. The number of piperidine rings is 1. The third kappa shape index (κ3) is 2.00. The summed E-state index contributed by atoms with van der Waals surface area (Å²) < 4.78 is 1.69. The predicted octanol–water partition coefficient (Wildman–Crippen LogP) is 1.99. The quantitative estimate of drug-likeness (QED) is 0.630. The highest BCUT2D eigenvalue weighted by Crippen LogP contribution is 2.32. The van der Waals surface area contributed by atoms with E-state index in [0.29, 0.717) is 18.8 Å². The number of anilines is 1. The Labute approximate surface area is 133 Å². The molecule has 2 fully saturated rings. The normalized spacial score (nSPS) is 20.9. The van der Waals surface area contributed by atoms with Gasteiger partial charge in [-0.05, 0) is 37.5 Å². The molecule has 0 saturated carbocycles. The summed E-state index contributed by atoms with van der Waals surface area (Å²) in [5.74, 6) is 2.43. The molecular formula is C17H16N4O2. The average Bonchev–Trinajstić information content (AvgIpc) is 3.08. The van der Waals surface area contributed by atoms with Crippen LogP contribution in [0.15, 0.2) is 24.4 Å². The van der Waals surface area contributed by atoms with E-state index in [2.05, 4.69) is 11.0 Å². The van der Waals surface area contributed by atoms with E-state index in [1.54, 1.807) is 21.8 Å². The van der Waals surface area contributed by atoms with Gasteiger partial charge in [-0.3, -0.25) is 9.48 Å². The number of imide groups is 1. The number of amides is 3. The smallest absolute Gasteiger partial charge is 0.312 e. The average molecular weight is 308 g/mol. The van der Waals surface area contributed by atoms with Crippen LogP contribution in [0, 0.1) is 12.3 Å². The Morgan fingerprint density at radius 3 is 2.96 bits per heavy atom. The Morgan fingerprint density at radius 1 is 1.30 bits per heavy atom. The summed E-state index contributed by atoms with van der Waals surface area (Å²) in [4.78, 5) is 28.2. The van der Waals surface area contributed by atoms with E-state index < -0.39 is 0 Å². The van der Waals surface area contributed by atoms with Crippen molar-refractivity contribution in [3.63, 3.8) is 0 Å². The van der Waals surface area contributed by atoms with Gasteiger partial charge in [0.15, 0.2) is 0 Å². The van der Waals surface area contributed by atoms with Crippen LogP contribution in [0.2, 0.25) is 0 Å². The molecule has 6 heteroatoms. The van der Waals surface area contributed by atoms with Crippen LogP contribution in [0.4, 0.5) is 10.5 Å². The molecule has 0 aliphatic carbocycles. The molecule has 3 amide bonds. The van der Waals surface area contributed by atoms with Gasteiger partial charge in [0, 0.05) is 11.9 Å². The fourth-order valence-corrected chi connectivity index (χ4v) is 3.44. The lowest BCUT2D eigenvalue weighted by Crippen LogP contribution is -2.39. The van der Waals surface area contributed by atoms with Crippen LogP contribution in [-0.2, 0) is 11.3 Å². The zero-order valence-corrected chi connectivity index (χ0v) is 12.6. The van der Waals surface area contributed by atoms with E-state index in [1.165, 1.54) is 4.90 Å². The van der Waals surface area contributed by atoms with Crippen molar-refractivity contribution in [3.05, 3.63) is 24.4 Å². The number of rotatable bonds is 2.